The third kappa shape index (κ3) is 3.98. The lowest BCUT2D eigenvalue weighted by molar-refractivity contribution is 0.0696. The molecule has 0 aliphatic rings. The van der Waals surface area contributed by atoms with Gasteiger partial charge in [-0.05, 0) is 42.0 Å². The van der Waals surface area contributed by atoms with Gasteiger partial charge >= 0.3 is 5.97 Å². The van der Waals surface area contributed by atoms with Crippen LogP contribution in [0.4, 0.5) is 0 Å². The van der Waals surface area contributed by atoms with Crippen molar-refractivity contribution in [3.8, 4) is 5.75 Å². The topological polar surface area (TPSA) is 58.9 Å². The van der Waals surface area contributed by atoms with E-state index in [4.69, 9.17) is 33.1 Å². The van der Waals surface area contributed by atoms with Crippen LogP contribution in [0.1, 0.15) is 15.9 Å². The zero-order chi connectivity index (χ0) is 14.5. The molecule has 2 rings (SSSR count). The van der Waals surface area contributed by atoms with Crippen molar-refractivity contribution in [2.45, 2.75) is 0 Å². The van der Waals surface area contributed by atoms with Crippen LogP contribution in [-0.4, -0.2) is 17.3 Å². The molecule has 1 N–H and O–H groups in total. The molecule has 4 nitrogen and oxygen atoms in total. The summed E-state index contributed by atoms with van der Waals surface area (Å²) in [6.45, 7) is 0. The third-order valence-corrected chi connectivity index (χ3v) is 2.76. The number of carboxylic acids is 1. The first-order chi connectivity index (χ1) is 9.54. The molecule has 0 atom stereocenters. The number of benzene rings is 2. The van der Waals surface area contributed by atoms with E-state index in [2.05, 4.69) is 5.16 Å². The van der Waals surface area contributed by atoms with E-state index in [1.54, 1.807) is 30.3 Å². The molecule has 0 heterocycles. The van der Waals surface area contributed by atoms with Gasteiger partial charge in [0.1, 0.15) is 0 Å². The molecule has 2 aromatic carbocycles. The van der Waals surface area contributed by atoms with Crippen molar-refractivity contribution in [3.05, 3.63) is 63.6 Å². The van der Waals surface area contributed by atoms with Crippen molar-refractivity contribution < 1.29 is 14.7 Å². The average molecular weight is 310 g/mol. The molecule has 0 aliphatic carbocycles. The van der Waals surface area contributed by atoms with Crippen LogP contribution in [0.5, 0.6) is 5.75 Å². The van der Waals surface area contributed by atoms with Gasteiger partial charge in [-0.2, -0.15) is 0 Å². The monoisotopic (exact) mass is 309 g/mol. The molecule has 0 saturated carbocycles. The zero-order valence-electron chi connectivity index (χ0n) is 10.1. The molecule has 2 aromatic rings. The van der Waals surface area contributed by atoms with Crippen molar-refractivity contribution in [2.75, 3.05) is 0 Å². The number of hydrogen-bond acceptors (Lipinski definition) is 3. The van der Waals surface area contributed by atoms with Gasteiger partial charge in [-0.1, -0.05) is 34.4 Å². The summed E-state index contributed by atoms with van der Waals surface area (Å²) in [5.74, 6) is -0.699. The van der Waals surface area contributed by atoms with Crippen LogP contribution in [-0.2, 0) is 0 Å². The third-order valence-electron chi connectivity index (χ3n) is 2.33. The number of halogens is 2. The molecule has 0 aliphatic heterocycles. The number of nitrogens with zero attached hydrogens (tertiary/aromatic N) is 1. The minimum absolute atomic E-state index is 0.128. The van der Waals surface area contributed by atoms with E-state index in [1.807, 2.05) is 0 Å². The van der Waals surface area contributed by atoms with Gasteiger partial charge in [0.25, 0.3) is 0 Å². The first-order valence-corrected chi connectivity index (χ1v) is 6.30. The van der Waals surface area contributed by atoms with Crippen molar-refractivity contribution in [2.24, 2.45) is 5.16 Å². The smallest absolute Gasteiger partial charge is 0.335 e. The summed E-state index contributed by atoms with van der Waals surface area (Å²) in [7, 11) is 0. The minimum Gasteiger partial charge on any atom is -0.478 e. The highest BCUT2D eigenvalue weighted by molar-refractivity contribution is 6.35. The molecule has 0 bridgehead atoms. The summed E-state index contributed by atoms with van der Waals surface area (Å²) in [4.78, 5) is 15.9. The highest BCUT2D eigenvalue weighted by Gasteiger charge is 2.03. The number of hydrogen-bond donors (Lipinski definition) is 1. The Balaban J connectivity index is 2.09. The quantitative estimate of drug-likeness (QED) is 0.683. The summed E-state index contributed by atoms with van der Waals surface area (Å²) < 4.78 is 0. The Morgan fingerprint density at radius 1 is 1.15 bits per heavy atom. The van der Waals surface area contributed by atoms with Crippen molar-refractivity contribution in [3.63, 3.8) is 0 Å². The highest BCUT2D eigenvalue weighted by Crippen LogP contribution is 2.18. The van der Waals surface area contributed by atoms with E-state index >= 15 is 0 Å². The lowest BCUT2D eigenvalue weighted by Crippen LogP contribution is -1.96. The lowest BCUT2D eigenvalue weighted by Gasteiger charge is -2.00. The van der Waals surface area contributed by atoms with Crippen molar-refractivity contribution >= 4 is 35.4 Å². The van der Waals surface area contributed by atoms with Crippen LogP contribution < -0.4 is 4.84 Å². The molecule has 20 heavy (non-hydrogen) atoms. The van der Waals surface area contributed by atoms with Gasteiger partial charge in [0.05, 0.1) is 11.8 Å². The summed E-state index contributed by atoms with van der Waals surface area (Å²) >= 11 is 11.7. The summed E-state index contributed by atoms with van der Waals surface area (Å²) in [6.07, 6.45) is 1.44. The van der Waals surface area contributed by atoms with E-state index in [1.165, 1.54) is 18.3 Å². The standard InChI is InChI=1S/C14H9Cl2NO3/c15-11-4-9(5-12(16)7-11)8-17-20-13-3-1-2-10(6-13)14(18)19/h1-8H,(H,18,19)/b17-8-. The number of carboxylic acid groups (broad SMARTS) is 1. The molecule has 6 heteroatoms. The minimum atomic E-state index is -1.03. The van der Waals surface area contributed by atoms with E-state index < -0.39 is 5.97 Å². The molecule has 0 unspecified atom stereocenters. The fourth-order valence-corrected chi connectivity index (χ4v) is 2.03. The van der Waals surface area contributed by atoms with Crippen molar-refractivity contribution in [1.82, 2.24) is 0 Å². The van der Waals surface area contributed by atoms with Crippen LogP contribution in [0.2, 0.25) is 10.0 Å². The van der Waals surface area contributed by atoms with Crippen LogP contribution in [0, 0.1) is 0 Å². The number of rotatable bonds is 4. The molecule has 0 spiro atoms. The fourth-order valence-electron chi connectivity index (χ4n) is 1.48. The highest BCUT2D eigenvalue weighted by atomic mass is 35.5. The van der Waals surface area contributed by atoms with Crippen molar-refractivity contribution in [1.29, 1.82) is 0 Å². The Morgan fingerprint density at radius 2 is 1.85 bits per heavy atom. The predicted octanol–water partition coefficient (Wildman–Crippen LogP) is 4.10. The maximum atomic E-state index is 10.8. The second kappa shape index (κ2) is 6.41. The second-order valence-corrected chi connectivity index (χ2v) is 4.73. The molecule has 0 saturated heterocycles. The number of carbonyl (C=O) groups is 1. The molecule has 0 amide bonds. The van der Waals surface area contributed by atoms with Gasteiger partial charge in [-0.15, -0.1) is 0 Å². The second-order valence-electron chi connectivity index (χ2n) is 3.86. The Kier molecular flexibility index (Phi) is 4.61. The largest absolute Gasteiger partial charge is 0.478 e. The first kappa shape index (κ1) is 14.4. The average Bonchev–Trinajstić information content (AvgIpc) is 2.38. The van der Waals surface area contributed by atoms with E-state index in [0.29, 0.717) is 21.4 Å². The molecule has 0 radical (unpaired) electrons. The number of aromatic carboxylic acids is 1. The fraction of sp³-hybridized carbons (Fsp3) is 0. The maximum Gasteiger partial charge on any atom is 0.335 e. The predicted molar refractivity (Wildman–Crippen MR) is 78.1 cm³/mol. The number of oxime groups is 1. The summed E-state index contributed by atoms with van der Waals surface area (Å²) in [5.41, 5.74) is 0.806. The molecular weight excluding hydrogens is 301 g/mol. The van der Waals surface area contributed by atoms with Crippen LogP contribution in [0.15, 0.2) is 47.6 Å². The van der Waals surface area contributed by atoms with E-state index in [9.17, 15) is 4.79 Å². The molecule has 0 aromatic heterocycles. The maximum absolute atomic E-state index is 10.8. The van der Waals surface area contributed by atoms with Crippen LogP contribution >= 0.6 is 23.2 Å². The van der Waals surface area contributed by atoms with Gasteiger partial charge in [0, 0.05) is 10.0 Å². The first-order valence-electron chi connectivity index (χ1n) is 5.54. The van der Waals surface area contributed by atoms with E-state index in [-0.39, 0.29) is 5.56 Å². The van der Waals surface area contributed by atoms with Gasteiger partial charge in [0.2, 0.25) is 0 Å². The van der Waals surface area contributed by atoms with Crippen LogP contribution in [0.25, 0.3) is 0 Å². The Hall–Kier alpha value is -2.04. The Bertz CT molecular complexity index is 651. The molecule has 0 fully saturated rings. The van der Waals surface area contributed by atoms with Gasteiger partial charge in [-0.25, -0.2) is 4.79 Å². The van der Waals surface area contributed by atoms with Gasteiger partial charge < -0.3 is 9.94 Å². The van der Waals surface area contributed by atoms with E-state index in [0.717, 1.165) is 0 Å². The summed E-state index contributed by atoms with van der Waals surface area (Å²) in [6, 6.07) is 11.0. The summed E-state index contributed by atoms with van der Waals surface area (Å²) in [5, 5.41) is 13.6. The molecule has 102 valence electrons. The lowest BCUT2D eigenvalue weighted by atomic mass is 10.2. The zero-order valence-corrected chi connectivity index (χ0v) is 11.6. The normalized spacial score (nSPS) is 10.7. The van der Waals surface area contributed by atoms with Gasteiger partial charge in [0.15, 0.2) is 5.75 Å². The van der Waals surface area contributed by atoms with Crippen LogP contribution in [0.3, 0.4) is 0 Å². The van der Waals surface area contributed by atoms with Gasteiger partial charge in [-0.3, -0.25) is 0 Å². The SMILES string of the molecule is O=C(O)c1cccc(O/N=C\c2cc(Cl)cc(Cl)c2)c1. The Morgan fingerprint density at radius 3 is 2.50 bits per heavy atom. The Labute approximate surface area is 125 Å². The molecular formula is C14H9Cl2NO3.